The molecule has 0 aliphatic carbocycles. The van der Waals surface area contributed by atoms with Gasteiger partial charge in [0, 0.05) is 5.92 Å². The van der Waals surface area contributed by atoms with Gasteiger partial charge in [0.1, 0.15) is 0 Å². The van der Waals surface area contributed by atoms with Crippen molar-refractivity contribution < 1.29 is 0 Å². The van der Waals surface area contributed by atoms with Crippen LogP contribution in [-0.4, -0.2) is 0 Å². The van der Waals surface area contributed by atoms with E-state index in [1.807, 2.05) is 0 Å². The lowest BCUT2D eigenvalue weighted by molar-refractivity contribution is 0.724. The normalized spacial score (nSPS) is 12.2. The van der Waals surface area contributed by atoms with Crippen LogP contribution in [0.15, 0.2) is 6.07 Å². The molecule has 1 unspecified atom stereocenters. The van der Waals surface area contributed by atoms with E-state index in [9.17, 15) is 0 Å². The lowest BCUT2D eigenvalue weighted by atomic mass is 9.85. The Labute approximate surface area is 100 Å². The average molecular weight is 213 g/mol. The van der Waals surface area contributed by atoms with Crippen molar-refractivity contribution in [2.45, 2.75) is 53.4 Å². The quantitative estimate of drug-likeness (QED) is 0.653. The van der Waals surface area contributed by atoms with Gasteiger partial charge in [-0.15, -0.1) is 0 Å². The molecule has 1 aromatic carbocycles. The van der Waals surface area contributed by atoms with E-state index >= 15 is 0 Å². The minimum atomic E-state index is 0.171. The van der Waals surface area contributed by atoms with Crippen molar-refractivity contribution in [3.05, 3.63) is 40.3 Å². The maximum atomic E-state index is 7.47. The smallest absolute Gasteiger partial charge is 0.0467 e. The molecule has 1 radical (unpaired) electrons. The molecule has 0 saturated heterocycles. The third-order valence-corrected chi connectivity index (χ3v) is 3.52. The first-order valence-corrected chi connectivity index (χ1v) is 6.02. The number of hydrogen-bond acceptors (Lipinski definition) is 0. The van der Waals surface area contributed by atoms with Gasteiger partial charge >= 0.3 is 0 Å². The maximum Gasteiger partial charge on any atom is 0.0467 e. The summed E-state index contributed by atoms with van der Waals surface area (Å²) < 4.78 is 0. The summed E-state index contributed by atoms with van der Waals surface area (Å²) in [6, 6.07) is 2.23. The van der Waals surface area contributed by atoms with Crippen LogP contribution in [0.4, 0.5) is 0 Å². The van der Waals surface area contributed by atoms with Crippen molar-refractivity contribution in [3.8, 4) is 5.92 Å². The van der Waals surface area contributed by atoms with Gasteiger partial charge in [0.25, 0.3) is 0 Å². The zero-order valence-electron chi connectivity index (χ0n) is 11.1. The Morgan fingerprint density at radius 3 is 2.25 bits per heavy atom. The van der Waals surface area contributed by atoms with E-state index in [1.54, 1.807) is 0 Å². The van der Waals surface area contributed by atoms with Crippen LogP contribution < -0.4 is 0 Å². The second-order valence-electron chi connectivity index (χ2n) is 4.66. The van der Waals surface area contributed by atoms with Crippen LogP contribution in [-0.2, 0) is 0 Å². The molecular weight excluding hydrogens is 192 g/mol. The molecule has 85 valence electrons. The summed E-state index contributed by atoms with van der Waals surface area (Å²) in [7, 11) is 0. The summed E-state index contributed by atoms with van der Waals surface area (Å²) in [4.78, 5) is 0. The minimum absolute atomic E-state index is 0.171. The van der Waals surface area contributed by atoms with Crippen molar-refractivity contribution in [2.75, 3.05) is 0 Å². The molecular formula is C16H21. The molecule has 0 amide bonds. The van der Waals surface area contributed by atoms with Crippen LogP contribution >= 0.6 is 0 Å². The molecule has 0 saturated carbocycles. The lowest BCUT2D eigenvalue weighted by Gasteiger charge is -2.19. The molecule has 1 rings (SSSR count). The van der Waals surface area contributed by atoms with Crippen LogP contribution in [0.3, 0.4) is 0 Å². The molecule has 0 aromatic heterocycles. The molecule has 1 aromatic rings. The monoisotopic (exact) mass is 213 g/mol. The summed E-state index contributed by atoms with van der Waals surface area (Å²) in [6.45, 7) is 10.8. The summed E-state index contributed by atoms with van der Waals surface area (Å²) in [5, 5.41) is 0. The Kier molecular flexibility index (Phi) is 4.19. The van der Waals surface area contributed by atoms with Gasteiger partial charge < -0.3 is 0 Å². The lowest BCUT2D eigenvalue weighted by Crippen LogP contribution is -2.04. The molecule has 0 bridgehead atoms. The third kappa shape index (κ3) is 2.30. The van der Waals surface area contributed by atoms with Crippen molar-refractivity contribution in [3.63, 3.8) is 0 Å². The Morgan fingerprint density at radius 2 is 1.75 bits per heavy atom. The molecule has 0 spiro atoms. The summed E-state index contributed by atoms with van der Waals surface area (Å²) in [5.41, 5.74) is 6.67. The average Bonchev–Trinajstić information content (AvgIpc) is 2.25. The zero-order chi connectivity index (χ0) is 12.3. The Morgan fingerprint density at radius 1 is 1.12 bits per heavy atom. The Balaban J connectivity index is 3.33. The molecule has 0 aliphatic heterocycles. The molecule has 0 nitrogen and oxygen atoms in total. The fourth-order valence-corrected chi connectivity index (χ4v) is 2.42. The van der Waals surface area contributed by atoms with Gasteiger partial charge in [-0.05, 0) is 68.4 Å². The van der Waals surface area contributed by atoms with E-state index in [4.69, 9.17) is 6.42 Å². The first-order chi connectivity index (χ1) is 7.52. The topological polar surface area (TPSA) is 0 Å². The highest BCUT2D eigenvalue weighted by molar-refractivity contribution is 5.47. The van der Waals surface area contributed by atoms with Gasteiger partial charge in [0.05, 0.1) is 0 Å². The van der Waals surface area contributed by atoms with E-state index in [2.05, 4.69) is 46.6 Å². The Hall–Kier alpha value is -1.22. The maximum absolute atomic E-state index is 7.47. The highest BCUT2D eigenvalue weighted by atomic mass is 14.2. The molecule has 16 heavy (non-hydrogen) atoms. The molecule has 0 heterocycles. The number of aryl methyl sites for hydroxylation is 2. The van der Waals surface area contributed by atoms with Gasteiger partial charge in [-0.3, -0.25) is 0 Å². The van der Waals surface area contributed by atoms with Gasteiger partial charge in [-0.2, -0.15) is 0 Å². The van der Waals surface area contributed by atoms with Crippen LogP contribution in [0, 0.1) is 40.0 Å². The van der Waals surface area contributed by atoms with E-state index in [0.717, 1.165) is 12.8 Å². The van der Waals surface area contributed by atoms with E-state index in [0.29, 0.717) is 0 Å². The second kappa shape index (κ2) is 5.21. The van der Waals surface area contributed by atoms with Gasteiger partial charge in [0.15, 0.2) is 0 Å². The highest BCUT2D eigenvalue weighted by Crippen LogP contribution is 2.30. The van der Waals surface area contributed by atoms with Gasteiger partial charge in [-0.1, -0.05) is 25.3 Å². The number of hydrogen-bond donors (Lipinski definition) is 0. The highest BCUT2D eigenvalue weighted by Gasteiger charge is 2.15. The number of rotatable bonds is 3. The van der Waals surface area contributed by atoms with Crippen molar-refractivity contribution in [1.29, 1.82) is 0 Å². The number of benzene rings is 1. The standard InChI is InChI=1S/C16H21/c1-7-9-15(8-2)16-12(4)10-11(3)13(5)14(16)6/h10,15H,7,9H2,1,3-6H3. The predicted octanol–water partition coefficient (Wildman–Crippen LogP) is 4.39. The van der Waals surface area contributed by atoms with Crippen LogP contribution in [0.2, 0.25) is 0 Å². The molecule has 0 heteroatoms. The predicted molar refractivity (Wildman–Crippen MR) is 70.2 cm³/mol. The fourth-order valence-electron chi connectivity index (χ4n) is 2.42. The van der Waals surface area contributed by atoms with Crippen molar-refractivity contribution >= 4 is 0 Å². The second-order valence-corrected chi connectivity index (χ2v) is 4.66. The molecule has 0 N–H and O–H groups in total. The van der Waals surface area contributed by atoms with E-state index < -0.39 is 0 Å². The van der Waals surface area contributed by atoms with Crippen LogP contribution in [0.5, 0.6) is 0 Å². The molecule has 1 atom stereocenters. The zero-order valence-corrected chi connectivity index (χ0v) is 11.1. The SMILES string of the molecule is [C]#CC(CCC)c1c(C)cc(C)c(C)c1C. The first-order valence-electron chi connectivity index (χ1n) is 6.02. The van der Waals surface area contributed by atoms with Gasteiger partial charge in [-0.25, -0.2) is 0 Å². The van der Waals surface area contributed by atoms with E-state index in [1.165, 1.54) is 27.8 Å². The molecule has 0 aliphatic rings. The largest absolute Gasteiger partial charge is 0.0809 e. The summed E-state index contributed by atoms with van der Waals surface area (Å²) in [5.74, 6) is 2.87. The van der Waals surface area contributed by atoms with Gasteiger partial charge in [0.2, 0.25) is 0 Å². The molecule has 0 fully saturated rings. The first kappa shape index (κ1) is 12.8. The van der Waals surface area contributed by atoms with Crippen molar-refractivity contribution in [2.24, 2.45) is 0 Å². The van der Waals surface area contributed by atoms with E-state index in [-0.39, 0.29) is 5.92 Å². The van der Waals surface area contributed by atoms with Crippen LogP contribution in [0.1, 0.15) is 53.5 Å². The summed E-state index contributed by atoms with van der Waals surface area (Å²) in [6.07, 6.45) is 9.59. The van der Waals surface area contributed by atoms with Crippen LogP contribution in [0.25, 0.3) is 0 Å². The Bertz CT molecular complexity index is 419. The van der Waals surface area contributed by atoms with Crippen molar-refractivity contribution in [1.82, 2.24) is 0 Å². The minimum Gasteiger partial charge on any atom is -0.0809 e. The third-order valence-electron chi connectivity index (χ3n) is 3.52. The summed E-state index contributed by atoms with van der Waals surface area (Å²) >= 11 is 0. The fraction of sp³-hybridized carbons (Fsp3) is 0.500.